The van der Waals surface area contributed by atoms with Gasteiger partial charge >= 0.3 is 0 Å². The molecule has 1 aliphatic rings. The van der Waals surface area contributed by atoms with E-state index < -0.39 is 8.32 Å². The van der Waals surface area contributed by atoms with Crippen LogP contribution in [0.15, 0.2) is 0 Å². The Hall–Kier alpha value is 0.137. The van der Waals surface area contributed by atoms with Crippen molar-refractivity contribution < 1.29 is 9.46 Å². The lowest BCUT2D eigenvalue weighted by molar-refractivity contribution is -0.236. The summed E-state index contributed by atoms with van der Waals surface area (Å²) in [5, 5.41) is 0.483. The van der Waals surface area contributed by atoms with Gasteiger partial charge in [0.1, 0.15) is 0 Å². The van der Waals surface area contributed by atoms with Gasteiger partial charge in [-0.15, -0.1) is 0 Å². The summed E-state index contributed by atoms with van der Waals surface area (Å²) in [6.45, 7) is 14.5. The summed E-state index contributed by atoms with van der Waals surface area (Å²) >= 11 is 0. The van der Waals surface area contributed by atoms with Gasteiger partial charge < -0.3 is 0 Å². The SMILES string of the molecule is CC(C)(C)[Si]1(C(C)(C)C)CCCOO1. The monoisotopic (exact) mass is 216 g/mol. The lowest BCUT2D eigenvalue weighted by Gasteiger charge is -2.50. The van der Waals surface area contributed by atoms with Gasteiger partial charge in [0.2, 0.25) is 8.32 Å². The Bertz CT molecular complexity index is 178. The summed E-state index contributed by atoms with van der Waals surface area (Å²) in [7, 11) is -1.81. The van der Waals surface area contributed by atoms with Crippen molar-refractivity contribution >= 4 is 8.32 Å². The molecule has 1 saturated heterocycles. The molecule has 0 unspecified atom stereocenters. The predicted molar refractivity (Wildman–Crippen MR) is 61.6 cm³/mol. The van der Waals surface area contributed by atoms with Crippen LogP contribution in [0.2, 0.25) is 16.1 Å². The summed E-state index contributed by atoms with van der Waals surface area (Å²) in [5.41, 5.74) is 0. The standard InChI is InChI=1S/C11H24O2Si/c1-10(2,3)14(11(4,5)6)9-7-8-12-13-14/h7-9H2,1-6H3. The zero-order valence-electron chi connectivity index (χ0n) is 10.4. The van der Waals surface area contributed by atoms with E-state index in [1.807, 2.05) is 0 Å². The van der Waals surface area contributed by atoms with E-state index in [9.17, 15) is 0 Å². The largest absolute Gasteiger partial charge is 0.285 e. The molecule has 0 spiro atoms. The molecule has 0 atom stereocenters. The molecule has 0 bridgehead atoms. The molecule has 14 heavy (non-hydrogen) atoms. The maximum Gasteiger partial charge on any atom is 0.249 e. The van der Waals surface area contributed by atoms with Crippen molar-refractivity contribution in [1.82, 2.24) is 0 Å². The first-order valence-corrected chi connectivity index (χ1v) is 7.63. The van der Waals surface area contributed by atoms with Crippen LogP contribution in [0.25, 0.3) is 0 Å². The van der Waals surface area contributed by atoms with Crippen molar-refractivity contribution in [2.45, 2.75) is 64.1 Å². The van der Waals surface area contributed by atoms with Gasteiger partial charge in [-0.2, -0.15) is 0 Å². The van der Waals surface area contributed by atoms with Crippen LogP contribution in [0, 0.1) is 0 Å². The zero-order valence-corrected chi connectivity index (χ0v) is 11.4. The normalized spacial score (nSPS) is 23.6. The van der Waals surface area contributed by atoms with E-state index >= 15 is 0 Å². The summed E-state index contributed by atoms with van der Waals surface area (Å²) in [5.74, 6) is 0. The number of hydrogen-bond donors (Lipinski definition) is 0. The molecule has 0 N–H and O–H groups in total. The third-order valence-electron chi connectivity index (χ3n) is 3.38. The fourth-order valence-corrected chi connectivity index (χ4v) is 7.95. The molecule has 1 fully saturated rings. The molecule has 2 nitrogen and oxygen atoms in total. The van der Waals surface area contributed by atoms with E-state index in [-0.39, 0.29) is 10.1 Å². The van der Waals surface area contributed by atoms with Crippen molar-refractivity contribution in [3.8, 4) is 0 Å². The Morgan fingerprint density at radius 3 is 1.64 bits per heavy atom. The molecule has 1 rings (SSSR count). The van der Waals surface area contributed by atoms with Gasteiger partial charge in [0.15, 0.2) is 0 Å². The predicted octanol–water partition coefficient (Wildman–Crippen LogP) is 3.88. The third kappa shape index (κ3) is 1.90. The Kier molecular flexibility index (Phi) is 3.15. The fourth-order valence-electron chi connectivity index (χ4n) is 2.69. The first-order valence-electron chi connectivity index (χ1n) is 5.51. The molecular formula is C11H24O2Si. The van der Waals surface area contributed by atoms with Gasteiger partial charge in [0.25, 0.3) is 0 Å². The Balaban J connectivity index is 3.01. The van der Waals surface area contributed by atoms with Crippen molar-refractivity contribution in [1.29, 1.82) is 0 Å². The van der Waals surface area contributed by atoms with Crippen LogP contribution < -0.4 is 0 Å². The van der Waals surface area contributed by atoms with Crippen LogP contribution >= 0.6 is 0 Å². The molecule has 0 aromatic carbocycles. The molecule has 1 heterocycles. The molecule has 0 aliphatic carbocycles. The molecule has 3 heteroatoms. The van der Waals surface area contributed by atoms with E-state index in [1.54, 1.807) is 0 Å². The Morgan fingerprint density at radius 1 is 0.929 bits per heavy atom. The lowest BCUT2D eigenvalue weighted by atomic mass is 10.2. The van der Waals surface area contributed by atoms with E-state index in [2.05, 4.69) is 41.5 Å². The van der Waals surface area contributed by atoms with Crippen LogP contribution in [0.4, 0.5) is 0 Å². The number of hydrogen-bond acceptors (Lipinski definition) is 2. The maximum atomic E-state index is 5.83. The summed E-state index contributed by atoms with van der Waals surface area (Å²) in [6.07, 6.45) is 1.15. The van der Waals surface area contributed by atoms with Crippen molar-refractivity contribution in [2.75, 3.05) is 6.61 Å². The third-order valence-corrected chi connectivity index (χ3v) is 9.69. The highest BCUT2D eigenvalue weighted by atomic mass is 28.4. The van der Waals surface area contributed by atoms with Gasteiger partial charge in [-0.3, -0.25) is 4.58 Å². The van der Waals surface area contributed by atoms with Gasteiger partial charge in [-0.25, -0.2) is 4.89 Å². The summed E-state index contributed by atoms with van der Waals surface area (Å²) in [6, 6.07) is 1.22. The summed E-state index contributed by atoms with van der Waals surface area (Å²) in [4.78, 5) is 5.30. The highest BCUT2D eigenvalue weighted by molar-refractivity contribution is 6.79. The first-order chi connectivity index (χ1) is 6.21. The maximum absolute atomic E-state index is 5.83. The topological polar surface area (TPSA) is 18.5 Å². The minimum Gasteiger partial charge on any atom is -0.285 e. The van der Waals surface area contributed by atoms with Crippen molar-refractivity contribution in [2.24, 2.45) is 0 Å². The average molecular weight is 216 g/mol. The average Bonchev–Trinajstić information content (AvgIpc) is 2.02. The second-order valence-electron chi connectivity index (χ2n) is 6.34. The second kappa shape index (κ2) is 3.61. The molecule has 0 amide bonds. The van der Waals surface area contributed by atoms with E-state index in [0.29, 0.717) is 0 Å². The van der Waals surface area contributed by atoms with Crippen LogP contribution in [0.3, 0.4) is 0 Å². The Labute approximate surface area is 89.0 Å². The van der Waals surface area contributed by atoms with E-state index in [4.69, 9.17) is 9.46 Å². The molecular weight excluding hydrogens is 192 g/mol. The van der Waals surface area contributed by atoms with Crippen LogP contribution in [0.5, 0.6) is 0 Å². The minimum absolute atomic E-state index is 0.242. The summed E-state index contributed by atoms with van der Waals surface area (Å²) < 4.78 is 5.83. The first kappa shape index (κ1) is 12.2. The zero-order chi connectivity index (χ0) is 11.0. The molecule has 1 aliphatic heterocycles. The lowest BCUT2D eigenvalue weighted by Crippen LogP contribution is -2.56. The molecule has 0 saturated carbocycles. The van der Waals surface area contributed by atoms with Gasteiger partial charge in [0, 0.05) is 0 Å². The minimum atomic E-state index is -1.81. The quantitative estimate of drug-likeness (QED) is 0.452. The van der Waals surface area contributed by atoms with Gasteiger partial charge in [-0.1, -0.05) is 41.5 Å². The fraction of sp³-hybridized carbons (Fsp3) is 1.00. The molecule has 0 radical (unpaired) electrons. The van der Waals surface area contributed by atoms with Crippen LogP contribution in [-0.4, -0.2) is 14.9 Å². The van der Waals surface area contributed by atoms with Gasteiger partial charge in [-0.05, 0) is 22.5 Å². The Morgan fingerprint density at radius 2 is 1.43 bits per heavy atom. The van der Waals surface area contributed by atoms with Gasteiger partial charge in [0.05, 0.1) is 6.61 Å². The highest BCUT2D eigenvalue weighted by Crippen LogP contribution is 2.55. The highest BCUT2D eigenvalue weighted by Gasteiger charge is 2.57. The second-order valence-corrected chi connectivity index (χ2v) is 11.7. The van der Waals surface area contributed by atoms with Crippen LogP contribution in [-0.2, 0) is 9.46 Å². The number of rotatable bonds is 0. The van der Waals surface area contributed by atoms with Crippen molar-refractivity contribution in [3.05, 3.63) is 0 Å². The van der Waals surface area contributed by atoms with Crippen LogP contribution in [0.1, 0.15) is 48.0 Å². The van der Waals surface area contributed by atoms with E-state index in [1.165, 1.54) is 6.04 Å². The molecule has 0 aromatic rings. The molecule has 84 valence electrons. The smallest absolute Gasteiger partial charge is 0.249 e. The molecule has 0 aromatic heterocycles. The van der Waals surface area contributed by atoms with Crippen molar-refractivity contribution in [3.63, 3.8) is 0 Å². The van der Waals surface area contributed by atoms with E-state index in [0.717, 1.165) is 13.0 Å².